The molecule has 0 saturated carbocycles. The maximum atomic E-state index is 12.9. The van der Waals surface area contributed by atoms with Crippen molar-refractivity contribution in [2.45, 2.75) is 39.4 Å². The van der Waals surface area contributed by atoms with E-state index in [9.17, 15) is 13.2 Å². The van der Waals surface area contributed by atoms with Gasteiger partial charge in [0, 0.05) is 26.1 Å². The molecule has 0 aliphatic carbocycles. The van der Waals surface area contributed by atoms with Gasteiger partial charge < -0.3 is 14.6 Å². The summed E-state index contributed by atoms with van der Waals surface area (Å²) in [7, 11) is 0. The molecule has 0 radical (unpaired) electrons. The summed E-state index contributed by atoms with van der Waals surface area (Å²) in [6, 6.07) is 3.70. The molecule has 1 aromatic heterocycles. The average molecular weight is 343 g/mol. The highest BCUT2D eigenvalue weighted by atomic mass is 19.4. The van der Waals surface area contributed by atoms with E-state index in [1.165, 1.54) is 6.07 Å². The first-order valence-corrected chi connectivity index (χ1v) is 8.30. The van der Waals surface area contributed by atoms with Crippen LogP contribution in [0.5, 0.6) is 0 Å². The molecule has 0 aliphatic rings. The third-order valence-corrected chi connectivity index (χ3v) is 4.25. The number of aliphatic hydroxyl groups is 1. The zero-order chi connectivity index (χ0) is 17.7. The van der Waals surface area contributed by atoms with Gasteiger partial charge in [0.05, 0.1) is 16.6 Å². The molecule has 0 aliphatic heterocycles. The van der Waals surface area contributed by atoms with Crippen molar-refractivity contribution in [1.29, 1.82) is 0 Å². The summed E-state index contributed by atoms with van der Waals surface area (Å²) >= 11 is 0. The third kappa shape index (κ3) is 4.27. The van der Waals surface area contributed by atoms with Gasteiger partial charge in [-0.2, -0.15) is 13.2 Å². The molecule has 1 aromatic carbocycles. The van der Waals surface area contributed by atoms with E-state index in [-0.39, 0.29) is 6.61 Å². The Labute approximate surface area is 139 Å². The van der Waals surface area contributed by atoms with Crippen LogP contribution in [0.25, 0.3) is 11.0 Å². The largest absolute Gasteiger partial charge is 0.416 e. The molecule has 2 rings (SSSR count). The van der Waals surface area contributed by atoms with Gasteiger partial charge in [-0.1, -0.05) is 13.8 Å². The number of imidazole rings is 1. The standard InChI is InChI=1S/C17H24F3N3O/c1-3-22(4-2)9-10-23-15-8-7-13(17(18,19)20)12-14(15)21-16(23)6-5-11-24/h7-8,12,24H,3-6,9-11H2,1-2H3. The van der Waals surface area contributed by atoms with Gasteiger partial charge >= 0.3 is 6.18 Å². The maximum absolute atomic E-state index is 12.9. The van der Waals surface area contributed by atoms with Crippen LogP contribution in [0.1, 0.15) is 31.7 Å². The van der Waals surface area contributed by atoms with E-state index in [2.05, 4.69) is 23.7 Å². The molecular formula is C17H24F3N3O. The highest BCUT2D eigenvalue weighted by molar-refractivity contribution is 5.77. The number of nitrogens with zero attached hydrogens (tertiary/aromatic N) is 3. The second kappa shape index (κ2) is 7.98. The summed E-state index contributed by atoms with van der Waals surface area (Å²) in [6.45, 7) is 7.53. The van der Waals surface area contributed by atoms with Gasteiger partial charge in [-0.15, -0.1) is 0 Å². The van der Waals surface area contributed by atoms with E-state index in [4.69, 9.17) is 5.11 Å². The van der Waals surface area contributed by atoms with Gasteiger partial charge in [-0.25, -0.2) is 4.98 Å². The first-order chi connectivity index (χ1) is 11.4. The molecule has 134 valence electrons. The van der Waals surface area contributed by atoms with Crippen LogP contribution >= 0.6 is 0 Å². The number of alkyl halides is 3. The minimum atomic E-state index is -4.37. The molecule has 0 atom stereocenters. The Morgan fingerprint density at radius 1 is 1.21 bits per heavy atom. The van der Waals surface area contributed by atoms with Crippen molar-refractivity contribution in [1.82, 2.24) is 14.5 Å². The molecule has 0 amide bonds. The third-order valence-electron chi connectivity index (χ3n) is 4.25. The van der Waals surface area contributed by atoms with Crippen LogP contribution < -0.4 is 0 Å². The number of fused-ring (bicyclic) bond motifs is 1. The van der Waals surface area contributed by atoms with Gasteiger partial charge in [0.2, 0.25) is 0 Å². The molecule has 1 N–H and O–H groups in total. The smallest absolute Gasteiger partial charge is 0.396 e. The normalized spacial score (nSPS) is 12.5. The molecule has 4 nitrogen and oxygen atoms in total. The van der Waals surface area contributed by atoms with Crippen LogP contribution in [0.2, 0.25) is 0 Å². The van der Waals surface area contributed by atoms with Crippen LogP contribution in [0.15, 0.2) is 18.2 Å². The zero-order valence-electron chi connectivity index (χ0n) is 14.1. The van der Waals surface area contributed by atoms with Crippen LogP contribution in [0, 0.1) is 0 Å². The second-order valence-electron chi connectivity index (χ2n) is 5.73. The van der Waals surface area contributed by atoms with Crippen LogP contribution in [0.4, 0.5) is 13.2 Å². The predicted molar refractivity (Wildman–Crippen MR) is 87.9 cm³/mol. The maximum Gasteiger partial charge on any atom is 0.416 e. The summed E-state index contributed by atoms with van der Waals surface area (Å²) in [4.78, 5) is 6.64. The van der Waals surface area contributed by atoms with Crippen molar-refractivity contribution in [2.24, 2.45) is 0 Å². The zero-order valence-corrected chi connectivity index (χ0v) is 14.1. The van der Waals surface area contributed by atoms with Crippen LogP contribution in [-0.2, 0) is 19.1 Å². The molecule has 1 heterocycles. The van der Waals surface area contributed by atoms with E-state index >= 15 is 0 Å². The number of halogens is 3. The van der Waals surface area contributed by atoms with Crippen LogP contribution in [-0.4, -0.2) is 45.8 Å². The fourth-order valence-electron chi connectivity index (χ4n) is 2.81. The number of rotatable bonds is 8. The monoisotopic (exact) mass is 343 g/mol. The molecule has 0 unspecified atom stereocenters. The Morgan fingerprint density at radius 2 is 1.92 bits per heavy atom. The SMILES string of the molecule is CCN(CC)CCn1c(CCCO)nc2cc(C(F)(F)F)ccc21. The topological polar surface area (TPSA) is 41.3 Å². The Bertz CT molecular complexity index is 663. The molecular weight excluding hydrogens is 319 g/mol. The lowest BCUT2D eigenvalue weighted by molar-refractivity contribution is -0.137. The molecule has 0 bridgehead atoms. The van der Waals surface area contributed by atoms with Gasteiger partial charge in [-0.3, -0.25) is 0 Å². The highest BCUT2D eigenvalue weighted by Gasteiger charge is 2.31. The summed E-state index contributed by atoms with van der Waals surface area (Å²) in [5.41, 5.74) is 0.387. The van der Waals surface area contributed by atoms with Crippen molar-refractivity contribution in [3.05, 3.63) is 29.6 Å². The average Bonchev–Trinajstić information content (AvgIpc) is 2.90. The fourth-order valence-corrected chi connectivity index (χ4v) is 2.81. The quantitative estimate of drug-likeness (QED) is 0.799. The molecule has 7 heteroatoms. The molecule has 0 spiro atoms. The molecule has 2 aromatic rings. The summed E-state index contributed by atoms with van der Waals surface area (Å²) in [5, 5.41) is 9.04. The van der Waals surface area contributed by atoms with Gasteiger partial charge in [0.25, 0.3) is 0 Å². The molecule has 24 heavy (non-hydrogen) atoms. The second-order valence-corrected chi connectivity index (χ2v) is 5.73. The van der Waals surface area contributed by atoms with E-state index in [1.54, 1.807) is 0 Å². The van der Waals surface area contributed by atoms with Crippen molar-refractivity contribution >= 4 is 11.0 Å². The number of hydrogen-bond donors (Lipinski definition) is 1. The van der Waals surface area contributed by atoms with Crippen molar-refractivity contribution in [3.63, 3.8) is 0 Å². The van der Waals surface area contributed by atoms with Gasteiger partial charge in [-0.05, 0) is 37.7 Å². The summed E-state index contributed by atoms with van der Waals surface area (Å²) in [5.74, 6) is 0.727. The Hall–Kier alpha value is -1.60. The number of aromatic nitrogens is 2. The van der Waals surface area contributed by atoms with Crippen molar-refractivity contribution in [2.75, 3.05) is 26.2 Å². The van der Waals surface area contributed by atoms with Crippen LogP contribution in [0.3, 0.4) is 0 Å². The molecule has 0 saturated heterocycles. The first kappa shape index (κ1) is 18.7. The highest BCUT2D eigenvalue weighted by Crippen LogP contribution is 2.31. The lowest BCUT2D eigenvalue weighted by Crippen LogP contribution is -2.27. The van der Waals surface area contributed by atoms with Gasteiger partial charge in [0.15, 0.2) is 0 Å². The van der Waals surface area contributed by atoms with E-state index in [0.717, 1.165) is 37.6 Å². The summed E-state index contributed by atoms with van der Waals surface area (Å²) < 4.78 is 40.7. The number of benzene rings is 1. The fraction of sp³-hybridized carbons (Fsp3) is 0.588. The Kier molecular flexibility index (Phi) is 6.23. The van der Waals surface area contributed by atoms with Crippen molar-refractivity contribution in [3.8, 4) is 0 Å². The number of likely N-dealkylation sites (N-methyl/N-ethyl adjacent to an activating group) is 1. The first-order valence-electron chi connectivity index (χ1n) is 8.30. The Balaban J connectivity index is 2.37. The lowest BCUT2D eigenvalue weighted by Gasteiger charge is -2.19. The minimum Gasteiger partial charge on any atom is -0.396 e. The minimum absolute atomic E-state index is 0.0348. The van der Waals surface area contributed by atoms with Gasteiger partial charge in [0.1, 0.15) is 5.82 Å². The van der Waals surface area contributed by atoms with E-state index in [1.807, 2.05) is 4.57 Å². The summed E-state index contributed by atoms with van der Waals surface area (Å²) in [6.07, 6.45) is -3.28. The number of hydrogen-bond acceptors (Lipinski definition) is 3. The Morgan fingerprint density at radius 3 is 2.50 bits per heavy atom. The molecule has 0 fully saturated rings. The number of aliphatic hydroxyl groups excluding tert-OH is 1. The number of aryl methyl sites for hydroxylation is 1. The lowest BCUT2D eigenvalue weighted by atomic mass is 10.2. The van der Waals surface area contributed by atoms with E-state index in [0.29, 0.717) is 30.4 Å². The van der Waals surface area contributed by atoms with E-state index < -0.39 is 11.7 Å². The predicted octanol–water partition coefficient (Wildman–Crippen LogP) is 3.32. The van der Waals surface area contributed by atoms with Crippen molar-refractivity contribution < 1.29 is 18.3 Å².